The summed E-state index contributed by atoms with van der Waals surface area (Å²) in [5.74, 6) is -0.263. The SMILES string of the molecule is NC(=O)c1[nH]c2ccc(Cl)cc2c1S(=O)(=O)N1CCO[C@H](COc2ccc(-c3cncnc3)cc2)C1. The van der Waals surface area contributed by atoms with Crippen molar-refractivity contribution in [2.75, 3.05) is 26.3 Å². The number of primary amides is 1. The molecule has 0 aliphatic carbocycles. The van der Waals surface area contributed by atoms with Crippen LogP contribution in [0.15, 0.2) is 66.1 Å². The van der Waals surface area contributed by atoms with Crippen molar-refractivity contribution in [1.82, 2.24) is 19.3 Å². The van der Waals surface area contributed by atoms with Gasteiger partial charge in [-0.15, -0.1) is 0 Å². The smallest absolute Gasteiger partial charge is 0.266 e. The summed E-state index contributed by atoms with van der Waals surface area (Å²) in [6.45, 7) is 0.489. The zero-order valence-electron chi connectivity index (χ0n) is 18.9. The Labute approximate surface area is 212 Å². The molecular formula is C24H22ClN5O5S. The molecule has 1 saturated heterocycles. The van der Waals surface area contributed by atoms with Crippen molar-refractivity contribution in [2.24, 2.45) is 5.73 Å². The minimum atomic E-state index is -4.09. The first-order chi connectivity index (χ1) is 17.3. The van der Waals surface area contributed by atoms with Gasteiger partial charge in [-0.2, -0.15) is 4.31 Å². The minimum Gasteiger partial charge on any atom is -0.491 e. The zero-order chi connectivity index (χ0) is 25.3. The highest BCUT2D eigenvalue weighted by Crippen LogP contribution is 2.32. The van der Waals surface area contributed by atoms with Crippen molar-refractivity contribution in [3.63, 3.8) is 0 Å². The van der Waals surface area contributed by atoms with E-state index >= 15 is 0 Å². The maximum absolute atomic E-state index is 13.6. The molecule has 0 unspecified atom stereocenters. The fraction of sp³-hybridized carbons (Fsp3) is 0.208. The maximum atomic E-state index is 13.6. The third kappa shape index (κ3) is 4.78. The number of carbonyl (C=O) groups excluding carboxylic acids is 1. The topological polar surface area (TPSA) is 140 Å². The number of halogens is 1. The molecule has 1 aliphatic heterocycles. The molecule has 1 amide bonds. The Morgan fingerprint density at radius 2 is 1.92 bits per heavy atom. The molecule has 3 N–H and O–H groups in total. The second-order valence-electron chi connectivity index (χ2n) is 8.20. The average Bonchev–Trinajstić information content (AvgIpc) is 3.28. The zero-order valence-corrected chi connectivity index (χ0v) is 20.5. The first-order valence-electron chi connectivity index (χ1n) is 11.0. The summed E-state index contributed by atoms with van der Waals surface area (Å²) in [6.07, 6.45) is 4.40. The molecular weight excluding hydrogens is 506 g/mol. The van der Waals surface area contributed by atoms with Crippen molar-refractivity contribution in [3.05, 3.63) is 71.9 Å². The lowest BCUT2D eigenvalue weighted by atomic mass is 10.1. The summed E-state index contributed by atoms with van der Waals surface area (Å²) in [6, 6.07) is 12.1. The Hall–Kier alpha value is -3.51. The van der Waals surface area contributed by atoms with Gasteiger partial charge in [-0.25, -0.2) is 18.4 Å². The minimum absolute atomic E-state index is 0.0488. The number of amides is 1. The highest BCUT2D eigenvalue weighted by Gasteiger charge is 2.36. The quantitative estimate of drug-likeness (QED) is 0.376. The number of sulfonamides is 1. The first kappa shape index (κ1) is 24.2. The number of hydrogen-bond acceptors (Lipinski definition) is 7. The van der Waals surface area contributed by atoms with Gasteiger partial charge in [-0.05, 0) is 35.9 Å². The van der Waals surface area contributed by atoms with Crippen molar-refractivity contribution in [2.45, 2.75) is 11.0 Å². The Morgan fingerprint density at radius 3 is 2.64 bits per heavy atom. The van der Waals surface area contributed by atoms with Crippen LogP contribution in [0.1, 0.15) is 10.5 Å². The molecule has 0 spiro atoms. The van der Waals surface area contributed by atoms with Crippen LogP contribution in [-0.2, 0) is 14.8 Å². The second kappa shape index (κ2) is 9.86. The molecule has 2 aromatic carbocycles. The molecule has 0 saturated carbocycles. The average molecular weight is 528 g/mol. The van der Waals surface area contributed by atoms with E-state index in [9.17, 15) is 13.2 Å². The van der Waals surface area contributed by atoms with Crippen LogP contribution in [-0.4, -0.2) is 66.0 Å². The first-order valence-corrected chi connectivity index (χ1v) is 12.9. The third-order valence-corrected chi connectivity index (χ3v) is 8.03. The molecule has 1 atom stereocenters. The molecule has 12 heteroatoms. The van der Waals surface area contributed by atoms with Crippen LogP contribution < -0.4 is 10.5 Å². The molecule has 4 aromatic rings. The van der Waals surface area contributed by atoms with E-state index in [-0.39, 0.29) is 36.9 Å². The van der Waals surface area contributed by atoms with E-state index in [2.05, 4.69) is 15.0 Å². The number of morpholine rings is 1. The van der Waals surface area contributed by atoms with E-state index in [1.54, 1.807) is 24.5 Å². The maximum Gasteiger partial charge on any atom is 0.266 e. The van der Waals surface area contributed by atoms with Crippen LogP contribution in [0.4, 0.5) is 0 Å². The van der Waals surface area contributed by atoms with E-state index in [4.69, 9.17) is 26.8 Å². The van der Waals surface area contributed by atoms with E-state index in [1.165, 1.54) is 16.7 Å². The van der Waals surface area contributed by atoms with E-state index < -0.39 is 22.0 Å². The van der Waals surface area contributed by atoms with Gasteiger partial charge in [0.2, 0.25) is 10.0 Å². The number of fused-ring (bicyclic) bond motifs is 1. The fourth-order valence-electron chi connectivity index (χ4n) is 4.10. The molecule has 0 bridgehead atoms. The van der Waals surface area contributed by atoms with Crippen LogP contribution in [0.25, 0.3) is 22.0 Å². The molecule has 1 fully saturated rings. The van der Waals surface area contributed by atoms with E-state index in [0.29, 0.717) is 21.7 Å². The number of ether oxygens (including phenoxy) is 2. The van der Waals surface area contributed by atoms with Gasteiger partial charge in [0.15, 0.2) is 0 Å². The number of nitrogens with two attached hydrogens (primary N) is 1. The lowest BCUT2D eigenvalue weighted by Crippen LogP contribution is -2.47. The van der Waals surface area contributed by atoms with Crippen LogP contribution in [0, 0.1) is 0 Å². The number of nitrogens with zero attached hydrogens (tertiary/aromatic N) is 3. The summed E-state index contributed by atoms with van der Waals surface area (Å²) < 4.78 is 40.2. The summed E-state index contributed by atoms with van der Waals surface area (Å²) in [5.41, 5.74) is 7.58. The standard InChI is InChI=1S/C24H22ClN5O5S/c25-17-3-6-21-20(9-17)23(22(29-21)24(26)31)36(32,33)30-7-8-34-19(12-30)13-35-18-4-1-15(2-5-18)16-10-27-14-28-11-16/h1-6,9-11,14,19,29H,7-8,12-13H2,(H2,26,31)/t19-/m0/s1. The van der Waals surface area contributed by atoms with Crippen molar-refractivity contribution < 1.29 is 22.7 Å². The Morgan fingerprint density at radius 1 is 1.17 bits per heavy atom. The monoisotopic (exact) mass is 527 g/mol. The second-order valence-corrected chi connectivity index (χ2v) is 10.5. The fourth-order valence-corrected chi connectivity index (χ4v) is 6.07. The number of H-pyrrole nitrogens is 1. The molecule has 5 rings (SSSR count). The number of carbonyl (C=O) groups is 1. The summed E-state index contributed by atoms with van der Waals surface area (Å²) >= 11 is 6.10. The van der Waals surface area contributed by atoms with Gasteiger partial charge in [0.1, 0.15) is 35.4 Å². The molecule has 0 radical (unpaired) electrons. The summed E-state index contributed by atoms with van der Waals surface area (Å²) in [5, 5.41) is 0.646. The van der Waals surface area contributed by atoms with E-state index in [1.807, 2.05) is 24.3 Å². The largest absolute Gasteiger partial charge is 0.491 e. The van der Waals surface area contributed by atoms with Gasteiger partial charge < -0.3 is 20.2 Å². The summed E-state index contributed by atoms with van der Waals surface area (Å²) in [4.78, 5) is 22.7. The highest BCUT2D eigenvalue weighted by molar-refractivity contribution is 7.89. The predicted molar refractivity (Wildman–Crippen MR) is 133 cm³/mol. The number of rotatable bonds is 7. The Bertz CT molecular complexity index is 1510. The van der Waals surface area contributed by atoms with Crippen LogP contribution >= 0.6 is 11.6 Å². The van der Waals surface area contributed by atoms with Gasteiger partial charge in [0.05, 0.1) is 6.61 Å². The lowest BCUT2D eigenvalue weighted by Gasteiger charge is -2.32. The number of aromatic amines is 1. The van der Waals surface area contributed by atoms with Gasteiger partial charge in [0, 0.05) is 47.0 Å². The van der Waals surface area contributed by atoms with Gasteiger partial charge >= 0.3 is 0 Å². The molecule has 186 valence electrons. The molecule has 3 heterocycles. The van der Waals surface area contributed by atoms with Crippen molar-refractivity contribution >= 4 is 38.4 Å². The Balaban J connectivity index is 1.32. The van der Waals surface area contributed by atoms with E-state index in [0.717, 1.165) is 11.1 Å². The van der Waals surface area contributed by atoms with Crippen LogP contribution in [0.2, 0.25) is 5.02 Å². The van der Waals surface area contributed by atoms with Gasteiger partial charge in [0.25, 0.3) is 5.91 Å². The molecule has 2 aromatic heterocycles. The Kier molecular flexibility index (Phi) is 6.63. The van der Waals surface area contributed by atoms with Crippen molar-refractivity contribution in [1.29, 1.82) is 0 Å². The molecule has 36 heavy (non-hydrogen) atoms. The number of hydrogen-bond donors (Lipinski definition) is 2. The highest BCUT2D eigenvalue weighted by atomic mass is 35.5. The van der Waals surface area contributed by atoms with Crippen molar-refractivity contribution in [3.8, 4) is 16.9 Å². The molecule has 10 nitrogen and oxygen atoms in total. The summed E-state index contributed by atoms with van der Waals surface area (Å²) in [7, 11) is -4.09. The van der Waals surface area contributed by atoms with Crippen LogP contribution in [0.3, 0.4) is 0 Å². The lowest BCUT2D eigenvalue weighted by molar-refractivity contribution is -0.0249. The predicted octanol–water partition coefficient (Wildman–Crippen LogP) is 2.85. The number of benzene rings is 2. The van der Waals surface area contributed by atoms with Gasteiger partial charge in [-0.3, -0.25) is 4.79 Å². The normalized spacial score (nSPS) is 16.8. The molecule has 1 aliphatic rings. The number of aromatic nitrogens is 3. The van der Waals surface area contributed by atoms with Crippen LogP contribution in [0.5, 0.6) is 5.75 Å². The third-order valence-electron chi connectivity index (χ3n) is 5.84. The van der Waals surface area contributed by atoms with Gasteiger partial charge in [-0.1, -0.05) is 23.7 Å². The number of nitrogens with one attached hydrogen (secondary N) is 1.